The smallest absolute Gasteiger partial charge is 0.133 e. The van der Waals surface area contributed by atoms with Gasteiger partial charge in [-0.05, 0) is 38.2 Å². The van der Waals surface area contributed by atoms with Crippen LogP contribution in [-0.2, 0) is 10.4 Å². The average Bonchev–Trinajstić information content (AvgIpc) is 2.42. The number of aliphatic hydroxyl groups is 1. The molecule has 0 saturated heterocycles. The van der Waals surface area contributed by atoms with Crippen molar-refractivity contribution in [2.75, 3.05) is 27.7 Å². The van der Waals surface area contributed by atoms with Crippen LogP contribution in [0.4, 0.5) is 0 Å². The Morgan fingerprint density at radius 1 is 1.45 bits per heavy atom. The highest BCUT2D eigenvalue weighted by atomic mass is 16.5. The summed E-state index contributed by atoms with van der Waals surface area (Å²) >= 11 is 0. The Bertz CT molecular complexity index is 486. The van der Waals surface area contributed by atoms with Gasteiger partial charge in [0.05, 0.1) is 12.7 Å². The maximum atomic E-state index is 11.7. The molecule has 2 atom stereocenters. The van der Waals surface area contributed by atoms with Crippen LogP contribution in [0.3, 0.4) is 0 Å². The topological polar surface area (TPSA) is 49.8 Å². The van der Waals surface area contributed by atoms with Crippen LogP contribution in [0.25, 0.3) is 0 Å². The van der Waals surface area contributed by atoms with Crippen LogP contribution in [0.5, 0.6) is 5.75 Å². The lowest BCUT2D eigenvalue weighted by atomic mass is 9.71. The molecule has 0 amide bonds. The summed E-state index contributed by atoms with van der Waals surface area (Å²) in [5.41, 5.74) is -0.108. The van der Waals surface area contributed by atoms with Crippen LogP contribution in [0.2, 0.25) is 0 Å². The molecule has 1 aliphatic carbocycles. The molecular formula is C16H23NO3. The lowest BCUT2D eigenvalue weighted by Crippen LogP contribution is -2.45. The quantitative estimate of drug-likeness (QED) is 0.912. The summed E-state index contributed by atoms with van der Waals surface area (Å²) in [5, 5.41) is 11.2. The van der Waals surface area contributed by atoms with Crippen LogP contribution in [-0.4, -0.2) is 43.5 Å². The second kappa shape index (κ2) is 5.94. The first-order valence-corrected chi connectivity index (χ1v) is 6.99. The van der Waals surface area contributed by atoms with Gasteiger partial charge in [0.25, 0.3) is 0 Å². The molecular weight excluding hydrogens is 254 g/mol. The van der Waals surface area contributed by atoms with Gasteiger partial charge in [-0.25, -0.2) is 0 Å². The minimum atomic E-state index is -0.952. The summed E-state index contributed by atoms with van der Waals surface area (Å²) in [7, 11) is 5.54. The Morgan fingerprint density at radius 2 is 2.20 bits per heavy atom. The van der Waals surface area contributed by atoms with Crippen molar-refractivity contribution in [2.45, 2.75) is 24.9 Å². The molecule has 4 nitrogen and oxygen atoms in total. The van der Waals surface area contributed by atoms with Crippen LogP contribution in [0.15, 0.2) is 24.3 Å². The number of ether oxygens (including phenoxy) is 1. The molecule has 0 heterocycles. The highest BCUT2D eigenvalue weighted by Crippen LogP contribution is 2.41. The Kier molecular flexibility index (Phi) is 4.45. The van der Waals surface area contributed by atoms with E-state index in [9.17, 15) is 9.90 Å². The summed E-state index contributed by atoms with van der Waals surface area (Å²) in [5.74, 6) is 0.895. The average molecular weight is 277 g/mol. The van der Waals surface area contributed by atoms with E-state index in [0.717, 1.165) is 11.3 Å². The number of carbonyl (C=O) groups excluding carboxylic acids is 1. The normalized spacial score (nSPS) is 26.9. The minimum absolute atomic E-state index is 0.0779. The zero-order chi connectivity index (χ0) is 14.8. The van der Waals surface area contributed by atoms with Crippen molar-refractivity contribution in [1.82, 2.24) is 4.90 Å². The lowest BCUT2D eigenvalue weighted by Gasteiger charge is -2.41. The molecule has 0 aliphatic heterocycles. The van der Waals surface area contributed by atoms with E-state index in [0.29, 0.717) is 25.8 Å². The molecule has 1 N–H and O–H groups in total. The van der Waals surface area contributed by atoms with Crippen LogP contribution in [0, 0.1) is 5.92 Å². The molecule has 0 aromatic heterocycles. The summed E-state index contributed by atoms with van der Waals surface area (Å²) in [6.45, 7) is 0.694. The number of benzene rings is 1. The number of ketones is 1. The van der Waals surface area contributed by atoms with Gasteiger partial charge >= 0.3 is 0 Å². The standard InChI is InChI=1S/C16H23NO3/c1-17(2)11-13-9-14(18)7-8-16(13,19)12-5-4-6-15(10-12)20-3/h4-6,10,13,19H,7-9,11H2,1-3H3. The van der Waals surface area contributed by atoms with Crippen molar-refractivity contribution < 1.29 is 14.6 Å². The van der Waals surface area contributed by atoms with Gasteiger partial charge < -0.3 is 14.7 Å². The molecule has 2 unspecified atom stereocenters. The third-order valence-electron chi connectivity index (χ3n) is 4.09. The second-order valence-corrected chi connectivity index (χ2v) is 5.86. The van der Waals surface area contributed by atoms with Crippen LogP contribution < -0.4 is 4.74 Å². The van der Waals surface area contributed by atoms with Gasteiger partial charge in [-0.15, -0.1) is 0 Å². The molecule has 20 heavy (non-hydrogen) atoms. The van der Waals surface area contributed by atoms with E-state index in [1.54, 1.807) is 7.11 Å². The monoisotopic (exact) mass is 277 g/mol. The summed E-state index contributed by atoms with van der Waals surface area (Å²) in [6.07, 6.45) is 1.36. The molecule has 0 spiro atoms. The van der Waals surface area contributed by atoms with Gasteiger partial charge in [0, 0.05) is 25.3 Å². The van der Waals surface area contributed by atoms with E-state index in [4.69, 9.17) is 4.74 Å². The number of rotatable bonds is 4. The van der Waals surface area contributed by atoms with E-state index in [1.807, 2.05) is 43.3 Å². The Balaban J connectivity index is 2.34. The van der Waals surface area contributed by atoms with E-state index in [-0.39, 0.29) is 11.7 Å². The third-order valence-corrected chi connectivity index (χ3v) is 4.09. The summed E-state index contributed by atoms with van der Waals surface area (Å²) in [6, 6.07) is 7.54. The molecule has 1 aliphatic rings. The number of hydrogen-bond acceptors (Lipinski definition) is 4. The molecule has 1 fully saturated rings. The molecule has 1 aromatic rings. The Hall–Kier alpha value is -1.39. The fourth-order valence-electron chi connectivity index (χ4n) is 3.01. The highest BCUT2D eigenvalue weighted by molar-refractivity contribution is 5.80. The summed E-state index contributed by atoms with van der Waals surface area (Å²) in [4.78, 5) is 13.8. The van der Waals surface area contributed by atoms with Crippen molar-refractivity contribution in [3.8, 4) is 5.75 Å². The predicted octanol–water partition coefficient (Wildman–Crippen LogP) is 1.81. The van der Waals surface area contributed by atoms with Crippen LogP contribution in [0.1, 0.15) is 24.8 Å². The predicted molar refractivity (Wildman–Crippen MR) is 77.8 cm³/mol. The maximum Gasteiger partial charge on any atom is 0.133 e. The van der Waals surface area contributed by atoms with Crippen molar-refractivity contribution in [3.05, 3.63) is 29.8 Å². The number of hydrogen-bond donors (Lipinski definition) is 1. The highest BCUT2D eigenvalue weighted by Gasteiger charge is 2.43. The van der Waals surface area contributed by atoms with E-state index >= 15 is 0 Å². The van der Waals surface area contributed by atoms with Gasteiger partial charge in [0.1, 0.15) is 11.5 Å². The van der Waals surface area contributed by atoms with Crippen molar-refractivity contribution in [2.24, 2.45) is 5.92 Å². The fourth-order valence-corrected chi connectivity index (χ4v) is 3.01. The Morgan fingerprint density at radius 3 is 2.85 bits per heavy atom. The Labute approximate surface area is 120 Å². The molecule has 0 radical (unpaired) electrons. The first-order valence-electron chi connectivity index (χ1n) is 6.99. The minimum Gasteiger partial charge on any atom is -0.497 e. The summed E-state index contributed by atoms with van der Waals surface area (Å²) < 4.78 is 5.24. The third kappa shape index (κ3) is 3.02. The SMILES string of the molecule is COc1cccc(C2(O)CCC(=O)CC2CN(C)C)c1. The van der Waals surface area contributed by atoms with Crippen molar-refractivity contribution in [1.29, 1.82) is 0 Å². The first-order chi connectivity index (χ1) is 9.45. The van der Waals surface area contributed by atoms with Crippen LogP contribution >= 0.6 is 0 Å². The van der Waals surface area contributed by atoms with Gasteiger partial charge in [0.15, 0.2) is 0 Å². The number of nitrogens with zero attached hydrogens (tertiary/aromatic N) is 1. The van der Waals surface area contributed by atoms with Gasteiger partial charge in [-0.2, -0.15) is 0 Å². The second-order valence-electron chi connectivity index (χ2n) is 5.86. The zero-order valence-corrected chi connectivity index (χ0v) is 12.4. The first kappa shape index (κ1) is 15.0. The molecule has 0 bridgehead atoms. The number of carbonyl (C=O) groups is 1. The maximum absolute atomic E-state index is 11.7. The molecule has 4 heteroatoms. The molecule has 2 rings (SSSR count). The fraction of sp³-hybridized carbons (Fsp3) is 0.562. The van der Waals surface area contributed by atoms with Gasteiger partial charge in [0.2, 0.25) is 0 Å². The number of methoxy groups -OCH3 is 1. The van der Waals surface area contributed by atoms with Gasteiger partial charge in [-0.1, -0.05) is 12.1 Å². The van der Waals surface area contributed by atoms with Crippen molar-refractivity contribution in [3.63, 3.8) is 0 Å². The van der Waals surface area contributed by atoms with E-state index < -0.39 is 5.60 Å². The number of Topliss-reactive ketones (excluding diaryl/α,β-unsaturated/α-hetero) is 1. The van der Waals surface area contributed by atoms with E-state index in [2.05, 4.69) is 0 Å². The van der Waals surface area contributed by atoms with Gasteiger partial charge in [-0.3, -0.25) is 4.79 Å². The van der Waals surface area contributed by atoms with E-state index in [1.165, 1.54) is 0 Å². The lowest BCUT2D eigenvalue weighted by molar-refractivity contribution is -0.133. The molecule has 110 valence electrons. The zero-order valence-electron chi connectivity index (χ0n) is 12.4. The van der Waals surface area contributed by atoms with Crippen molar-refractivity contribution >= 4 is 5.78 Å². The largest absolute Gasteiger partial charge is 0.497 e. The molecule has 1 aromatic carbocycles. The molecule has 1 saturated carbocycles.